The average Bonchev–Trinajstić information content (AvgIpc) is 1.69. The van der Waals surface area contributed by atoms with Crippen molar-refractivity contribution in [1.29, 1.82) is 0 Å². The van der Waals surface area contributed by atoms with Crippen molar-refractivity contribution in [3.8, 4) is 0 Å². The minimum Gasteiger partial charge on any atom is -0.391 e. The summed E-state index contributed by atoms with van der Waals surface area (Å²) in [6, 6.07) is 0. The van der Waals surface area contributed by atoms with E-state index < -0.39 is 0 Å². The first-order valence-electron chi connectivity index (χ1n) is 2.59. The van der Waals surface area contributed by atoms with Gasteiger partial charge in [-0.15, -0.1) is 0 Å². The Bertz CT molecular complexity index is 48.1. The highest BCUT2D eigenvalue weighted by Crippen LogP contribution is 1.72. The zero-order valence-corrected chi connectivity index (χ0v) is 4.78. The quantitative estimate of drug-likeness (QED) is 0.561. The molecule has 0 aromatic rings. The molecular formula is C6H12N. The fraction of sp³-hybridized carbons (Fsp3) is 0.500. The van der Waals surface area contributed by atoms with Gasteiger partial charge in [0.2, 0.25) is 0 Å². The Hall–Kier alpha value is -0.460. The van der Waals surface area contributed by atoms with Gasteiger partial charge >= 0.3 is 0 Å². The molecule has 0 bridgehead atoms. The van der Waals surface area contributed by atoms with E-state index in [1.165, 1.54) is 0 Å². The molecule has 0 saturated carbocycles. The van der Waals surface area contributed by atoms with Crippen LogP contribution in [-0.2, 0) is 0 Å². The van der Waals surface area contributed by atoms with Crippen LogP contribution in [0.15, 0.2) is 12.3 Å². The number of hydrogen-bond donors (Lipinski definition) is 1. The van der Waals surface area contributed by atoms with Crippen molar-refractivity contribution in [2.45, 2.75) is 13.3 Å². The third-order valence-corrected chi connectivity index (χ3v) is 0.606. The Morgan fingerprint density at radius 3 is 2.86 bits per heavy atom. The number of nitrogens with one attached hydrogen (secondary N) is 1. The van der Waals surface area contributed by atoms with Gasteiger partial charge in [-0.2, -0.15) is 0 Å². The molecule has 1 heteroatoms. The van der Waals surface area contributed by atoms with Crippen molar-refractivity contribution in [2.24, 2.45) is 0 Å². The molecule has 0 unspecified atom stereocenters. The molecule has 0 spiro atoms. The standard InChI is InChI=1S/C6H12N/c1-3-5-6-7-4-2/h5-7H,1,3-4H2,2H3. The molecule has 41 valence electrons. The number of allylic oxidation sites excluding steroid dienone is 1. The summed E-state index contributed by atoms with van der Waals surface area (Å²) in [6.07, 6.45) is 4.78. The Morgan fingerprint density at radius 2 is 2.43 bits per heavy atom. The molecule has 0 rings (SSSR count). The summed E-state index contributed by atoms with van der Waals surface area (Å²) < 4.78 is 0. The maximum absolute atomic E-state index is 3.63. The Morgan fingerprint density at radius 1 is 1.71 bits per heavy atom. The van der Waals surface area contributed by atoms with Gasteiger partial charge in [-0.25, -0.2) is 0 Å². The third-order valence-electron chi connectivity index (χ3n) is 0.606. The maximum atomic E-state index is 3.63. The summed E-state index contributed by atoms with van der Waals surface area (Å²) in [7, 11) is 0. The Balaban J connectivity index is 2.78. The van der Waals surface area contributed by atoms with Crippen LogP contribution >= 0.6 is 0 Å². The summed E-state index contributed by atoms with van der Waals surface area (Å²) in [5, 5.41) is 3.03. The lowest BCUT2D eigenvalue weighted by Gasteiger charge is -1.87. The van der Waals surface area contributed by atoms with Crippen LogP contribution in [0.2, 0.25) is 0 Å². The van der Waals surface area contributed by atoms with Gasteiger partial charge < -0.3 is 5.32 Å². The first kappa shape index (κ1) is 6.54. The molecular weight excluding hydrogens is 86.1 g/mol. The topological polar surface area (TPSA) is 12.0 Å². The molecule has 0 heterocycles. The zero-order chi connectivity index (χ0) is 5.54. The van der Waals surface area contributed by atoms with Crippen LogP contribution < -0.4 is 5.32 Å². The summed E-state index contributed by atoms with van der Waals surface area (Å²) in [4.78, 5) is 0. The molecule has 0 atom stereocenters. The highest BCUT2D eigenvalue weighted by molar-refractivity contribution is 4.78. The predicted molar refractivity (Wildman–Crippen MR) is 32.8 cm³/mol. The van der Waals surface area contributed by atoms with Crippen LogP contribution in [0.5, 0.6) is 0 Å². The molecule has 0 saturated heterocycles. The van der Waals surface area contributed by atoms with Crippen molar-refractivity contribution in [3.63, 3.8) is 0 Å². The van der Waals surface area contributed by atoms with Gasteiger partial charge in [0.15, 0.2) is 0 Å². The molecule has 0 aliphatic carbocycles. The zero-order valence-electron chi connectivity index (χ0n) is 4.78. The van der Waals surface area contributed by atoms with Gasteiger partial charge in [0.25, 0.3) is 0 Å². The van der Waals surface area contributed by atoms with E-state index in [2.05, 4.69) is 19.2 Å². The monoisotopic (exact) mass is 98.1 g/mol. The molecule has 0 fully saturated rings. The second kappa shape index (κ2) is 5.54. The summed E-state index contributed by atoms with van der Waals surface area (Å²) in [5.41, 5.74) is 0. The first-order chi connectivity index (χ1) is 3.41. The first-order valence-corrected chi connectivity index (χ1v) is 2.59. The van der Waals surface area contributed by atoms with Crippen LogP contribution in [0.1, 0.15) is 13.3 Å². The smallest absolute Gasteiger partial charge is 0.0112 e. The van der Waals surface area contributed by atoms with E-state index in [1.54, 1.807) is 0 Å². The Kier molecular flexibility index (Phi) is 5.18. The van der Waals surface area contributed by atoms with Gasteiger partial charge in [-0.3, -0.25) is 0 Å². The van der Waals surface area contributed by atoms with Gasteiger partial charge in [-0.05, 0) is 26.5 Å². The van der Waals surface area contributed by atoms with Crippen LogP contribution in [0.25, 0.3) is 0 Å². The van der Waals surface area contributed by atoms with E-state index in [0.717, 1.165) is 13.0 Å². The summed E-state index contributed by atoms with van der Waals surface area (Å²) >= 11 is 0. The van der Waals surface area contributed by atoms with Crippen molar-refractivity contribution in [3.05, 3.63) is 19.2 Å². The SMILES string of the molecule is [CH2]CC=CNCC. The highest BCUT2D eigenvalue weighted by Gasteiger charge is 1.63. The molecule has 1 N–H and O–H groups in total. The molecule has 0 aromatic carbocycles. The largest absolute Gasteiger partial charge is 0.391 e. The molecule has 1 radical (unpaired) electrons. The fourth-order valence-electron chi connectivity index (χ4n) is 0.285. The summed E-state index contributed by atoms with van der Waals surface area (Å²) in [5.74, 6) is 0. The second-order valence-electron chi connectivity index (χ2n) is 1.25. The van der Waals surface area contributed by atoms with Gasteiger partial charge in [-0.1, -0.05) is 6.08 Å². The van der Waals surface area contributed by atoms with Crippen molar-refractivity contribution in [2.75, 3.05) is 6.54 Å². The Labute approximate surface area is 45.4 Å². The van der Waals surface area contributed by atoms with Crippen molar-refractivity contribution < 1.29 is 0 Å². The normalized spacial score (nSPS) is 10.0. The predicted octanol–water partition coefficient (Wildman–Crippen LogP) is 1.33. The van der Waals surface area contributed by atoms with E-state index in [0.29, 0.717) is 0 Å². The molecule has 0 aliphatic rings. The summed E-state index contributed by atoms with van der Waals surface area (Å²) in [6.45, 7) is 6.69. The molecule has 0 aromatic heterocycles. The van der Waals surface area contributed by atoms with E-state index >= 15 is 0 Å². The average molecular weight is 98.2 g/mol. The number of rotatable bonds is 3. The lowest BCUT2D eigenvalue weighted by atomic mass is 10.5. The lowest BCUT2D eigenvalue weighted by molar-refractivity contribution is 0.915. The van der Waals surface area contributed by atoms with Crippen molar-refractivity contribution >= 4 is 0 Å². The van der Waals surface area contributed by atoms with Crippen LogP contribution in [-0.4, -0.2) is 6.54 Å². The van der Waals surface area contributed by atoms with E-state index in [9.17, 15) is 0 Å². The number of hydrogen-bond acceptors (Lipinski definition) is 1. The minimum atomic E-state index is 0.868. The van der Waals surface area contributed by atoms with Gasteiger partial charge in [0.1, 0.15) is 0 Å². The highest BCUT2D eigenvalue weighted by atomic mass is 14.8. The van der Waals surface area contributed by atoms with Gasteiger partial charge in [0, 0.05) is 6.54 Å². The van der Waals surface area contributed by atoms with Crippen molar-refractivity contribution in [1.82, 2.24) is 5.32 Å². The van der Waals surface area contributed by atoms with Gasteiger partial charge in [0.05, 0.1) is 0 Å². The van der Waals surface area contributed by atoms with E-state index in [4.69, 9.17) is 0 Å². The van der Waals surface area contributed by atoms with Crippen LogP contribution in [0, 0.1) is 6.92 Å². The molecule has 7 heavy (non-hydrogen) atoms. The third kappa shape index (κ3) is 5.54. The fourth-order valence-corrected chi connectivity index (χ4v) is 0.285. The van der Waals surface area contributed by atoms with E-state index in [-0.39, 0.29) is 0 Å². The van der Waals surface area contributed by atoms with Crippen LogP contribution in [0.3, 0.4) is 0 Å². The maximum Gasteiger partial charge on any atom is 0.0112 e. The second-order valence-corrected chi connectivity index (χ2v) is 1.25. The van der Waals surface area contributed by atoms with E-state index in [1.807, 2.05) is 12.3 Å². The molecule has 0 aliphatic heterocycles. The lowest BCUT2D eigenvalue weighted by Crippen LogP contribution is -2.00. The molecule has 1 nitrogen and oxygen atoms in total. The van der Waals surface area contributed by atoms with Crippen LogP contribution in [0.4, 0.5) is 0 Å². The molecule has 0 amide bonds. The minimum absolute atomic E-state index is 0.868.